The van der Waals surface area contributed by atoms with Crippen LogP contribution in [0.3, 0.4) is 0 Å². The highest BCUT2D eigenvalue weighted by atomic mass is 35.5. The number of halogens is 2. The van der Waals surface area contributed by atoms with Gasteiger partial charge in [-0.05, 0) is 12.1 Å². The summed E-state index contributed by atoms with van der Waals surface area (Å²) in [6.45, 7) is 0. The lowest BCUT2D eigenvalue weighted by Gasteiger charge is -2.04. The summed E-state index contributed by atoms with van der Waals surface area (Å²) in [5.41, 5.74) is 0.189. The highest BCUT2D eigenvalue weighted by Crippen LogP contribution is 2.37. The van der Waals surface area contributed by atoms with Crippen LogP contribution in [0.25, 0.3) is 0 Å². The van der Waals surface area contributed by atoms with Crippen LogP contribution >= 0.6 is 39.7 Å². The molecule has 2 N–H and O–H groups in total. The first kappa shape index (κ1) is 14.9. The zero-order valence-electron chi connectivity index (χ0n) is 7.99. The summed E-state index contributed by atoms with van der Waals surface area (Å²) < 4.78 is 29.9. The van der Waals surface area contributed by atoms with E-state index in [2.05, 4.69) is 9.05 Å². The van der Waals surface area contributed by atoms with Gasteiger partial charge in [-0.3, -0.25) is 0 Å². The van der Waals surface area contributed by atoms with Gasteiger partial charge in [-0.25, -0.2) is 0 Å². The molecule has 0 radical (unpaired) electrons. The van der Waals surface area contributed by atoms with Gasteiger partial charge in [0.2, 0.25) is 0 Å². The molecule has 2 atom stereocenters. The molecule has 10 heteroatoms. The van der Waals surface area contributed by atoms with E-state index in [1.54, 1.807) is 0 Å². The van der Waals surface area contributed by atoms with E-state index in [4.69, 9.17) is 33.0 Å². The van der Waals surface area contributed by atoms with Crippen molar-refractivity contribution in [2.24, 2.45) is 0 Å². The number of hydrogen-bond donors (Lipinski definition) is 2. The Morgan fingerprint density at radius 3 is 2.00 bits per heavy atom. The van der Waals surface area contributed by atoms with E-state index in [1.807, 2.05) is 0 Å². The molecule has 2 unspecified atom stereocenters. The average Bonchev–Trinajstić information content (AvgIpc) is 2.19. The number of hydrogen-bond acceptors (Lipinski definition) is 4. The zero-order valence-corrected chi connectivity index (χ0v) is 11.3. The summed E-state index contributed by atoms with van der Waals surface area (Å²) in [5, 5.41) is 0.415. The normalized spacial score (nSPS) is 14.4. The Morgan fingerprint density at radius 1 is 1.06 bits per heavy atom. The quantitative estimate of drug-likeness (QED) is 0.639. The highest BCUT2D eigenvalue weighted by Gasteiger charge is 2.34. The van der Waals surface area contributed by atoms with Gasteiger partial charge in [0.1, 0.15) is 0 Å². The second-order valence-electron chi connectivity index (χ2n) is 2.69. The van der Waals surface area contributed by atoms with Gasteiger partial charge in [-0.1, -0.05) is 38.3 Å². The van der Waals surface area contributed by atoms with Gasteiger partial charge in [0.25, 0.3) is 6.29 Å². The molecule has 0 saturated carbocycles. The van der Waals surface area contributed by atoms with E-state index in [0.29, 0.717) is 0 Å². The molecule has 0 aromatic heterocycles. The average molecular weight is 319 g/mol. The molecule has 0 bridgehead atoms. The molecule has 0 aliphatic rings. The van der Waals surface area contributed by atoms with Crippen molar-refractivity contribution in [3.05, 3.63) is 33.8 Å². The van der Waals surface area contributed by atoms with Crippen molar-refractivity contribution in [3.8, 4) is 0 Å². The molecule has 0 fully saturated rings. The van der Waals surface area contributed by atoms with Gasteiger partial charge in [-0.15, -0.1) is 9.79 Å². The van der Waals surface area contributed by atoms with Gasteiger partial charge >= 0.3 is 16.5 Å². The first-order valence-electron chi connectivity index (χ1n) is 4.01. The molecule has 0 heterocycles. The molecule has 1 rings (SSSR count). The summed E-state index contributed by atoms with van der Waals surface area (Å²) in [5.74, 6) is 0. The smallest absolute Gasteiger partial charge is 0.133 e. The Bertz CT molecular complexity index is 438. The van der Waals surface area contributed by atoms with Crippen LogP contribution in [-0.2, 0) is 18.2 Å². The molecule has 17 heavy (non-hydrogen) atoms. The van der Waals surface area contributed by atoms with Crippen LogP contribution in [0.2, 0.25) is 10.0 Å². The maximum Gasteiger partial charge on any atom is 0.698 e. The molecule has 6 nitrogen and oxygen atoms in total. The molecular formula is C7H6Cl2O6P2+2. The Balaban J connectivity index is 2.98. The fourth-order valence-electron chi connectivity index (χ4n) is 0.964. The van der Waals surface area contributed by atoms with Crippen LogP contribution in [-0.4, -0.2) is 9.79 Å². The van der Waals surface area contributed by atoms with E-state index < -0.39 is 22.8 Å². The molecular weight excluding hydrogens is 313 g/mol. The van der Waals surface area contributed by atoms with Crippen LogP contribution in [0.1, 0.15) is 11.9 Å². The van der Waals surface area contributed by atoms with Crippen LogP contribution in [0.4, 0.5) is 0 Å². The van der Waals surface area contributed by atoms with Crippen LogP contribution in [0.5, 0.6) is 0 Å². The van der Waals surface area contributed by atoms with E-state index in [0.717, 1.165) is 0 Å². The monoisotopic (exact) mass is 318 g/mol. The Hall–Kier alpha value is -0.160. The molecule has 0 saturated heterocycles. The summed E-state index contributed by atoms with van der Waals surface area (Å²) >= 11 is 11.4. The first-order valence-corrected chi connectivity index (χ1v) is 7.02. The lowest BCUT2D eigenvalue weighted by Crippen LogP contribution is -2.01. The van der Waals surface area contributed by atoms with Crippen LogP contribution in [0.15, 0.2) is 18.2 Å². The van der Waals surface area contributed by atoms with Crippen LogP contribution in [0, 0.1) is 0 Å². The van der Waals surface area contributed by atoms with Crippen molar-refractivity contribution in [2.75, 3.05) is 0 Å². The van der Waals surface area contributed by atoms with Crippen molar-refractivity contribution < 1.29 is 28.0 Å². The second-order valence-corrected chi connectivity index (χ2v) is 4.88. The summed E-state index contributed by atoms with van der Waals surface area (Å²) in [4.78, 5) is 17.2. The molecule has 0 spiro atoms. The molecule has 0 aliphatic carbocycles. The predicted molar refractivity (Wildman–Crippen MR) is 61.0 cm³/mol. The lowest BCUT2D eigenvalue weighted by molar-refractivity contribution is 0.000539. The van der Waals surface area contributed by atoms with Crippen molar-refractivity contribution in [1.82, 2.24) is 0 Å². The molecule has 0 amide bonds. The van der Waals surface area contributed by atoms with Crippen molar-refractivity contribution in [1.29, 1.82) is 0 Å². The van der Waals surface area contributed by atoms with Gasteiger partial charge in [0.05, 0.1) is 10.0 Å². The topological polar surface area (TPSA) is 93.1 Å². The Labute approximate surface area is 108 Å². The molecule has 0 aliphatic heterocycles. The summed E-state index contributed by atoms with van der Waals surface area (Å²) in [7, 11) is -6.00. The minimum absolute atomic E-state index is 0.155. The fraction of sp³-hybridized carbons (Fsp3) is 0.143. The van der Waals surface area contributed by atoms with E-state index >= 15 is 0 Å². The molecule has 1 aromatic carbocycles. The standard InChI is InChI=1S/C7H4Cl2O6P2/c8-5-2-1-4(3-6(5)9)7(14-16(10)11)15-17(12)13/h1-3,7H/p+2. The van der Waals surface area contributed by atoms with Gasteiger partial charge in [0.15, 0.2) is 0 Å². The van der Waals surface area contributed by atoms with Gasteiger partial charge < -0.3 is 0 Å². The largest absolute Gasteiger partial charge is 0.698 e. The fourth-order valence-corrected chi connectivity index (χ4v) is 2.00. The van der Waals surface area contributed by atoms with Crippen molar-refractivity contribution in [2.45, 2.75) is 6.29 Å². The number of rotatable bonds is 5. The highest BCUT2D eigenvalue weighted by molar-refractivity contribution is 7.32. The van der Waals surface area contributed by atoms with E-state index in [9.17, 15) is 9.13 Å². The SMILES string of the molecule is O=[P+](O)OC(O[P+](=O)O)c1ccc(Cl)c(Cl)c1. The molecule has 1 aromatic rings. The summed E-state index contributed by atoms with van der Waals surface area (Å²) in [6.07, 6.45) is -1.48. The third kappa shape index (κ3) is 4.92. The third-order valence-corrected chi connectivity index (χ3v) is 3.07. The van der Waals surface area contributed by atoms with Crippen LogP contribution < -0.4 is 0 Å². The Kier molecular flexibility index (Phi) is 5.86. The Morgan fingerprint density at radius 2 is 1.59 bits per heavy atom. The van der Waals surface area contributed by atoms with Crippen molar-refractivity contribution in [3.63, 3.8) is 0 Å². The minimum atomic E-state index is -3.00. The third-order valence-electron chi connectivity index (χ3n) is 1.59. The van der Waals surface area contributed by atoms with Gasteiger partial charge in [-0.2, -0.15) is 0 Å². The maximum atomic E-state index is 10.5. The summed E-state index contributed by atoms with van der Waals surface area (Å²) in [6, 6.07) is 4.08. The second kappa shape index (κ2) is 6.69. The predicted octanol–water partition coefficient (Wildman–Crippen LogP) is 3.32. The van der Waals surface area contributed by atoms with E-state index in [-0.39, 0.29) is 15.6 Å². The first-order chi connectivity index (χ1) is 7.90. The van der Waals surface area contributed by atoms with Crippen molar-refractivity contribution >= 4 is 39.7 Å². The van der Waals surface area contributed by atoms with E-state index in [1.165, 1.54) is 18.2 Å². The lowest BCUT2D eigenvalue weighted by atomic mass is 10.2. The zero-order chi connectivity index (χ0) is 13.0. The minimum Gasteiger partial charge on any atom is -0.133 e. The van der Waals surface area contributed by atoms with Gasteiger partial charge in [0, 0.05) is 14.7 Å². The number of benzene rings is 1. The maximum absolute atomic E-state index is 10.5. The molecule has 92 valence electrons.